The summed E-state index contributed by atoms with van der Waals surface area (Å²) in [5.74, 6) is 0. The summed E-state index contributed by atoms with van der Waals surface area (Å²) >= 11 is 0. The van der Waals surface area contributed by atoms with Crippen molar-refractivity contribution >= 4 is 0 Å². The molecule has 2 N–H and O–H groups in total. The maximum Gasteiger partial charge on any atom is 0.147 e. The first kappa shape index (κ1) is 7.94. The third kappa shape index (κ3) is 1.91. The van der Waals surface area contributed by atoms with Crippen LogP contribution in [0.5, 0.6) is 0 Å². The molecule has 1 fully saturated rings. The highest BCUT2D eigenvalue weighted by atomic mass is 16.7. The van der Waals surface area contributed by atoms with Gasteiger partial charge in [0.15, 0.2) is 0 Å². The van der Waals surface area contributed by atoms with Crippen LogP contribution in [-0.4, -0.2) is 35.8 Å². The average molecular weight is 147 g/mol. The maximum absolute atomic E-state index is 9.15. The lowest BCUT2D eigenvalue weighted by atomic mass is 10.1. The van der Waals surface area contributed by atoms with E-state index in [0.717, 1.165) is 6.61 Å². The molecule has 0 aromatic rings. The van der Waals surface area contributed by atoms with Crippen molar-refractivity contribution in [1.82, 2.24) is 0 Å². The van der Waals surface area contributed by atoms with Gasteiger partial charge >= 0.3 is 0 Å². The van der Waals surface area contributed by atoms with E-state index in [4.69, 9.17) is 19.7 Å². The zero-order chi connectivity index (χ0) is 7.40. The molecule has 1 rings (SSSR count). The molecule has 0 aromatic heterocycles. The van der Waals surface area contributed by atoms with E-state index in [2.05, 4.69) is 0 Å². The summed E-state index contributed by atoms with van der Waals surface area (Å²) in [4.78, 5) is 0. The Hall–Kier alpha value is -0.160. The van der Waals surface area contributed by atoms with E-state index in [0.29, 0.717) is 6.61 Å². The third-order valence-electron chi connectivity index (χ3n) is 1.42. The summed E-state index contributed by atoms with van der Waals surface area (Å²) in [6.07, 6.45) is -0.690. The fraction of sp³-hybridized carbons (Fsp3) is 0.833. The quantitative estimate of drug-likeness (QED) is 0.572. The molecular formula is C6H11O4. The van der Waals surface area contributed by atoms with Crippen LogP contribution in [0, 0.1) is 6.61 Å². The predicted molar refractivity (Wildman–Crippen MR) is 32.6 cm³/mol. The molecule has 4 nitrogen and oxygen atoms in total. The van der Waals surface area contributed by atoms with Crippen LogP contribution >= 0.6 is 0 Å². The minimum atomic E-state index is -0.646. The van der Waals surface area contributed by atoms with Crippen molar-refractivity contribution in [3.05, 3.63) is 6.61 Å². The molecule has 2 atom stereocenters. The van der Waals surface area contributed by atoms with E-state index >= 15 is 0 Å². The van der Waals surface area contributed by atoms with E-state index in [9.17, 15) is 0 Å². The Bertz CT molecular complexity index is 89.7. The highest BCUT2D eigenvalue weighted by Crippen LogP contribution is 2.10. The Morgan fingerprint density at radius 3 is 3.00 bits per heavy atom. The fourth-order valence-corrected chi connectivity index (χ4v) is 0.830. The summed E-state index contributed by atoms with van der Waals surface area (Å²) in [6, 6.07) is 0. The van der Waals surface area contributed by atoms with Crippen LogP contribution in [0.2, 0.25) is 0 Å². The largest absolute Gasteiger partial charge is 0.390 e. The molecule has 1 heterocycles. The zero-order valence-electron chi connectivity index (χ0n) is 5.56. The standard InChI is InChI=1S/C6H11O4/c7-2-1-5(8)6-3-9-4-10-6/h2,5-8H,1,3-4H2. The molecule has 0 spiro atoms. The van der Waals surface area contributed by atoms with Crippen LogP contribution in [0.1, 0.15) is 6.42 Å². The Kier molecular flexibility index (Phi) is 3.08. The average Bonchev–Trinajstić information content (AvgIpc) is 2.38. The van der Waals surface area contributed by atoms with Gasteiger partial charge in [0, 0.05) is 6.42 Å². The molecule has 1 saturated heterocycles. The number of aliphatic hydroxyl groups is 2. The summed E-state index contributed by atoms with van der Waals surface area (Å²) in [5, 5.41) is 17.5. The third-order valence-corrected chi connectivity index (χ3v) is 1.42. The van der Waals surface area contributed by atoms with Crippen LogP contribution in [0.15, 0.2) is 0 Å². The zero-order valence-corrected chi connectivity index (χ0v) is 5.56. The molecule has 10 heavy (non-hydrogen) atoms. The summed E-state index contributed by atoms with van der Waals surface area (Å²) in [7, 11) is 0. The van der Waals surface area contributed by atoms with Crippen molar-refractivity contribution in [2.45, 2.75) is 18.6 Å². The predicted octanol–water partition coefficient (Wildman–Crippen LogP) is -0.355. The SMILES string of the molecule is O[CH]CC(O)C1COCO1. The van der Waals surface area contributed by atoms with Crippen molar-refractivity contribution in [3.63, 3.8) is 0 Å². The lowest BCUT2D eigenvalue weighted by molar-refractivity contribution is -0.0132. The van der Waals surface area contributed by atoms with E-state index in [1.54, 1.807) is 0 Å². The molecule has 4 heteroatoms. The van der Waals surface area contributed by atoms with Gasteiger partial charge in [-0.1, -0.05) is 0 Å². The second-order valence-corrected chi connectivity index (χ2v) is 2.18. The molecule has 1 radical (unpaired) electrons. The smallest absolute Gasteiger partial charge is 0.147 e. The molecule has 0 bridgehead atoms. The lowest BCUT2D eigenvalue weighted by Gasteiger charge is -2.13. The van der Waals surface area contributed by atoms with Gasteiger partial charge in [0.1, 0.15) is 12.9 Å². The van der Waals surface area contributed by atoms with Crippen LogP contribution < -0.4 is 0 Å². The minimum Gasteiger partial charge on any atom is -0.390 e. The molecule has 1 aliphatic rings. The normalized spacial score (nSPS) is 28.8. The Morgan fingerprint density at radius 2 is 2.50 bits per heavy atom. The Labute approximate surface area is 59.4 Å². The van der Waals surface area contributed by atoms with Gasteiger partial charge in [-0.05, 0) is 0 Å². The molecule has 2 unspecified atom stereocenters. The summed E-state index contributed by atoms with van der Waals surface area (Å²) < 4.78 is 9.81. The van der Waals surface area contributed by atoms with Gasteiger partial charge in [0.05, 0.1) is 19.3 Å². The fourth-order valence-electron chi connectivity index (χ4n) is 0.830. The van der Waals surface area contributed by atoms with Crippen LogP contribution in [-0.2, 0) is 9.47 Å². The number of aliphatic hydroxyl groups excluding tert-OH is 2. The second-order valence-electron chi connectivity index (χ2n) is 2.18. The van der Waals surface area contributed by atoms with Crippen molar-refractivity contribution in [3.8, 4) is 0 Å². The van der Waals surface area contributed by atoms with Crippen LogP contribution in [0.3, 0.4) is 0 Å². The Morgan fingerprint density at radius 1 is 1.70 bits per heavy atom. The van der Waals surface area contributed by atoms with Gasteiger partial charge in [0.2, 0.25) is 0 Å². The maximum atomic E-state index is 9.15. The van der Waals surface area contributed by atoms with Crippen LogP contribution in [0.25, 0.3) is 0 Å². The first-order valence-electron chi connectivity index (χ1n) is 3.18. The van der Waals surface area contributed by atoms with Gasteiger partial charge in [-0.3, -0.25) is 0 Å². The van der Waals surface area contributed by atoms with Gasteiger partial charge in [-0.15, -0.1) is 0 Å². The molecular weight excluding hydrogens is 136 g/mol. The van der Waals surface area contributed by atoms with Gasteiger partial charge in [-0.25, -0.2) is 0 Å². The number of ether oxygens (including phenoxy) is 2. The van der Waals surface area contributed by atoms with Crippen molar-refractivity contribution in [2.24, 2.45) is 0 Å². The van der Waals surface area contributed by atoms with Crippen molar-refractivity contribution in [2.75, 3.05) is 13.4 Å². The molecule has 0 saturated carbocycles. The number of rotatable bonds is 3. The lowest BCUT2D eigenvalue weighted by Crippen LogP contribution is -2.27. The summed E-state index contributed by atoms with van der Waals surface area (Å²) in [5.41, 5.74) is 0. The van der Waals surface area contributed by atoms with Gasteiger partial charge in [-0.2, -0.15) is 0 Å². The number of hydrogen-bond donors (Lipinski definition) is 2. The van der Waals surface area contributed by atoms with Crippen molar-refractivity contribution < 1.29 is 19.7 Å². The van der Waals surface area contributed by atoms with E-state index in [-0.39, 0.29) is 19.3 Å². The monoisotopic (exact) mass is 147 g/mol. The van der Waals surface area contributed by atoms with E-state index in [1.807, 2.05) is 0 Å². The molecule has 0 aromatic carbocycles. The van der Waals surface area contributed by atoms with Gasteiger partial charge < -0.3 is 19.7 Å². The molecule has 1 aliphatic heterocycles. The van der Waals surface area contributed by atoms with Crippen LogP contribution in [0.4, 0.5) is 0 Å². The topological polar surface area (TPSA) is 58.9 Å². The Balaban J connectivity index is 2.18. The minimum absolute atomic E-state index is 0.230. The summed E-state index contributed by atoms with van der Waals surface area (Å²) in [6.45, 7) is 1.58. The highest BCUT2D eigenvalue weighted by molar-refractivity contribution is 4.72. The second kappa shape index (κ2) is 3.88. The highest BCUT2D eigenvalue weighted by Gasteiger charge is 2.23. The molecule has 0 amide bonds. The first-order chi connectivity index (χ1) is 4.84. The van der Waals surface area contributed by atoms with Gasteiger partial charge in [0.25, 0.3) is 0 Å². The molecule has 59 valence electrons. The van der Waals surface area contributed by atoms with Crippen molar-refractivity contribution in [1.29, 1.82) is 0 Å². The van der Waals surface area contributed by atoms with E-state index in [1.165, 1.54) is 0 Å². The number of hydrogen-bond acceptors (Lipinski definition) is 4. The first-order valence-corrected chi connectivity index (χ1v) is 3.18. The molecule has 0 aliphatic carbocycles. The van der Waals surface area contributed by atoms with E-state index < -0.39 is 6.10 Å².